The molecule has 0 spiro atoms. The molecule has 4 aromatic rings. The van der Waals surface area contributed by atoms with Crippen LogP contribution in [0.4, 0.5) is 0 Å². The minimum atomic E-state index is -0.401. The van der Waals surface area contributed by atoms with Gasteiger partial charge in [-0.15, -0.1) is 0 Å². The normalized spacial score (nSPS) is 15.6. The van der Waals surface area contributed by atoms with E-state index in [9.17, 15) is 4.79 Å². The Balaban J connectivity index is 1.81. The van der Waals surface area contributed by atoms with Gasteiger partial charge in [0.25, 0.3) is 0 Å². The molecule has 0 aliphatic carbocycles. The van der Waals surface area contributed by atoms with Crippen molar-refractivity contribution < 1.29 is 9.15 Å². The van der Waals surface area contributed by atoms with Crippen LogP contribution in [0.1, 0.15) is 22.6 Å². The summed E-state index contributed by atoms with van der Waals surface area (Å²) in [6.45, 7) is 0. The van der Waals surface area contributed by atoms with E-state index >= 15 is 0 Å². The minimum absolute atomic E-state index is 0.321. The van der Waals surface area contributed by atoms with E-state index in [4.69, 9.17) is 20.8 Å². The predicted molar refractivity (Wildman–Crippen MR) is 111 cm³/mol. The first kappa shape index (κ1) is 16.8. The van der Waals surface area contributed by atoms with Crippen molar-refractivity contribution in [1.82, 2.24) is 0 Å². The van der Waals surface area contributed by atoms with Crippen LogP contribution >= 0.6 is 11.6 Å². The van der Waals surface area contributed by atoms with Crippen molar-refractivity contribution in [3.63, 3.8) is 0 Å². The highest BCUT2D eigenvalue weighted by Crippen LogP contribution is 2.43. The molecule has 0 fully saturated rings. The maximum Gasteiger partial charge on any atom is 0.344 e. The highest BCUT2D eigenvalue weighted by Gasteiger charge is 2.30. The molecule has 0 radical (unpaired) electrons. The van der Waals surface area contributed by atoms with Gasteiger partial charge in [-0.3, -0.25) is 0 Å². The van der Waals surface area contributed by atoms with Crippen LogP contribution in [-0.4, -0.2) is 0 Å². The molecule has 3 aromatic carbocycles. The number of hydrogen-bond donors (Lipinski definition) is 0. The second-order valence-electron chi connectivity index (χ2n) is 6.66. The summed E-state index contributed by atoms with van der Waals surface area (Å²) in [4.78, 5) is 12.9. The Morgan fingerprint density at radius 2 is 1.64 bits per heavy atom. The molecule has 0 saturated carbocycles. The fourth-order valence-electron chi connectivity index (χ4n) is 3.61. The van der Waals surface area contributed by atoms with Gasteiger partial charge in [0.2, 0.25) is 0 Å². The highest BCUT2D eigenvalue weighted by molar-refractivity contribution is 6.30. The molecule has 0 N–H and O–H groups in total. The summed E-state index contributed by atoms with van der Waals surface area (Å²) in [5.41, 5.74) is 2.44. The van der Waals surface area contributed by atoms with Gasteiger partial charge in [0, 0.05) is 16.5 Å². The number of halogens is 1. The first-order valence-corrected chi connectivity index (χ1v) is 9.35. The second-order valence-corrected chi connectivity index (χ2v) is 7.10. The van der Waals surface area contributed by atoms with Crippen LogP contribution in [0.3, 0.4) is 0 Å². The Morgan fingerprint density at radius 3 is 2.46 bits per heavy atom. The van der Waals surface area contributed by atoms with E-state index < -0.39 is 5.63 Å². The zero-order chi connectivity index (χ0) is 19.1. The van der Waals surface area contributed by atoms with Crippen LogP contribution in [0, 0.1) is 0 Å². The molecule has 0 bridgehead atoms. The van der Waals surface area contributed by atoms with E-state index in [2.05, 4.69) is 0 Å². The number of fused-ring (bicyclic) bond motifs is 3. The Bertz CT molecular complexity index is 1270. The third kappa shape index (κ3) is 2.81. The minimum Gasteiger partial charge on any atom is -0.456 e. The largest absolute Gasteiger partial charge is 0.456 e. The van der Waals surface area contributed by atoms with Gasteiger partial charge in [0.1, 0.15) is 17.1 Å². The average molecular weight is 387 g/mol. The van der Waals surface area contributed by atoms with E-state index in [0.717, 1.165) is 16.5 Å². The van der Waals surface area contributed by atoms with Gasteiger partial charge in [-0.1, -0.05) is 66.2 Å². The maximum atomic E-state index is 12.9. The van der Waals surface area contributed by atoms with E-state index in [0.29, 0.717) is 27.7 Å². The Morgan fingerprint density at radius 1 is 0.857 bits per heavy atom. The lowest BCUT2D eigenvalue weighted by atomic mass is 9.88. The number of para-hydroxylation sites is 1. The van der Waals surface area contributed by atoms with E-state index in [-0.39, 0.29) is 5.92 Å². The van der Waals surface area contributed by atoms with Crippen LogP contribution in [0.5, 0.6) is 5.75 Å². The van der Waals surface area contributed by atoms with E-state index in [1.807, 2.05) is 78.9 Å². The zero-order valence-corrected chi connectivity index (χ0v) is 15.5. The van der Waals surface area contributed by atoms with E-state index in [1.165, 1.54) is 0 Å². The Hall–Kier alpha value is -3.30. The zero-order valence-electron chi connectivity index (χ0n) is 14.8. The predicted octanol–water partition coefficient (Wildman–Crippen LogP) is 6.01. The van der Waals surface area contributed by atoms with Crippen molar-refractivity contribution >= 4 is 28.3 Å². The molecular formula is C24H15ClO3. The maximum absolute atomic E-state index is 12.9. The molecule has 28 heavy (non-hydrogen) atoms. The molecular weight excluding hydrogens is 372 g/mol. The summed E-state index contributed by atoms with van der Waals surface area (Å²) in [5, 5.41) is 1.39. The van der Waals surface area contributed by atoms with Crippen LogP contribution in [0.25, 0.3) is 16.7 Å². The fraction of sp³-hybridized carbons (Fsp3) is 0.0417. The van der Waals surface area contributed by atoms with Gasteiger partial charge in [0.05, 0.1) is 10.9 Å². The summed E-state index contributed by atoms with van der Waals surface area (Å²) in [6.07, 6.45) is 1.95. The van der Waals surface area contributed by atoms with Crippen LogP contribution in [0.15, 0.2) is 94.2 Å². The number of rotatable bonds is 2. The van der Waals surface area contributed by atoms with Crippen molar-refractivity contribution in [1.29, 1.82) is 0 Å². The lowest BCUT2D eigenvalue weighted by Crippen LogP contribution is -2.19. The fourth-order valence-corrected chi connectivity index (χ4v) is 3.81. The lowest BCUT2D eigenvalue weighted by molar-refractivity contribution is 0.472. The van der Waals surface area contributed by atoms with E-state index in [1.54, 1.807) is 6.07 Å². The molecule has 1 unspecified atom stereocenters. The first-order chi connectivity index (χ1) is 13.7. The summed E-state index contributed by atoms with van der Waals surface area (Å²) in [5.74, 6) is 0.922. The molecule has 1 aliphatic heterocycles. The molecule has 5 rings (SSSR count). The van der Waals surface area contributed by atoms with Crippen molar-refractivity contribution in [3.8, 4) is 5.75 Å². The topological polar surface area (TPSA) is 39.4 Å². The summed E-state index contributed by atoms with van der Waals surface area (Å²) >= 11 is 6.23. The Labute approximate surface area is 166 Å². The molecule has 0 amide bonds. The van der Waals surface area contributed by atoms with Crippen LogP contribution < -0.4 is 10.4 Å². The van der Waals surface area contributed by atoms with Gasteiger partial charge in [-0.25, -0.2) is 4.79 Å². The Kier molecular flexibility index (Phi) is 4.03. The van der Waals surface area contributed by atoms with Gasteiger partial charge in [-0.05, 0) is 35.9 Å². The number of benzene rings is 3. The summed E-state index contributed by atoms with van der Waals surface area (Å²) in [6, 6.07) is 24.8. The van der Waals surface area contributed by atoms with Gasteiger partial charge >= 0.3 is 5.63 Å². The first-order valence-electron chi connectivity index (χ1n) is 8.97. The molecule has 4 heteroatoms. The number of allylic oxidation sites excluding steroid dienone is 1. The molecule has 1 aromatic heterocycles. The van der Waals surface area contributed by atoms with Gasteiger partial charge in [-0.2, -0.15) is 0 Å². The highest BCUT2D eigenvalue weighted by atomic mass is 35.5. The molecule has 0 saturated heterocycles. The van der Waals surface area contributed by atoms with Crippen molar-refractivity contribution in [3.05, 3.63) is 117 Å². The third-order valence-corrected chi connectivity index (χ3v) is 5.14. The SMILES string of the molecule is O=c1oc2ccccc2c2c1C(c1cccc(Cl)c1)C=C(c1ccccc1)O2. The van der Waals surface area contributed by atoms with Gasteiger partial charge in [0.15, 0.2) is 0 Å². The molecule has 1 aliphatic rings. The molecule has 2 heterocycles. The van der Waals surface area contributed by atoms with Crippen molar-refractivity contribution in [2.75, 3.05) is 0 Å². The smallest absolute Gasteiger partial charge is 0.344 e. The monoisotopic (exact) mass is 386 g/mol. The van der Waals surface area contributed by atoms with Gasteiger partial charge < -0.3 is 9.15 Å². The summed E-state index contributed by atoms with van der Waals surface area (Å²) < 4.78 is 11.8. The molecule has 1 atom stereocenters. The molecule has 3 nitrogen and oxygen atoms in total. The quantitative estimate of drug-likeness (QED) is 0.396. The van der Waals surface area contributed by atoms with Crippen molar-refractivity contribution in [2.45, 2.75) is 5.92 Å². The number of ether oxygens (including phenoxy) is 1. The lowest BCUT2D eigenvalue weighted by Gasteiger charge is -2.25. The average Bonchev–Trinajstić information content (AvgIpc) is 2.74. The number of hydrogen-bond acceptors (Lipinski definition) is 3. The van der Waals surface area contributed by atoms with Crippen molar-refractivity contribution in [2.24, 2.45) is 0 Å². The third-order valence-electron chi connectivity index (χ3n) is 4.91. The summed E-state index contributed by atoms with van der Waals surface area (Å²) in [7, 11) is 0. The van der Waals surface area contributed by atoms with Crippen LogP contribution in [-0.2, 0) is 0 Å². The molecule has 136 valence electrons. The standard InChI is InChI=1S/C24H15ClO3/c25-17-10-6-9-16(13-17)19-14-21(15-7-2-1-3-8-15)27-23-18-11-4-5-12-20(18)28-24(26)22(19)23/h1-14,19H. The van der Waals surface area contributed by atoms with Crippen LogP contribution in [0.2, 0.25) is 5.02 Å². The second kappa shape index (κ2) is 6.70.